The zero-order valence-electron chi connectivity index (χ0n) is 8.03. The molecule has 78 valence electrons. The van der Waals surface area contributed by atoms with Crippen LogP contribution in [0.25, 0.3) is 0 Å². The van der Waals surface area contributed by atoms with Crippen LogP contribution < -0.4 is 5.73 Å². The summed E-state index contributed by atoms with van der Waals surface area (Å²) in [5, 5.41) is 24.8. The predicted molar refractivity (Wildman–Crippen MR) is 51.7 cm³/mol. The first kappa shape index (κ1) is 12.3. The number of hydrogen-bond acceptors (Lipinski definition) is 4. The van der Waals surface area contributed by atoms with Crippen molar-refractivity contribution in [1.29, 1.82) is 5.41 Å². The third-order valence-electron chi connectivity index (χ3n) is 1.96. The van der Waals surface area contributed by atoms with Crippen molar-refractivity contribution < 1.29 is 10.2 Å². The lowest BCUT2D eigenvalue weighted by Gasteiger charge is -2.28. The fourth-order valence-electron chi connectivity index (χ4n) is 1.36. The number of hydrogen-bond donors (Lipinski definition) is 4. The van der Waals surface area contributed by atoms with Gasteiger partial charge in [-0.3, -0.25) is 10.3 Å². The van der Waals surface area contributed by atoms with Crippen LogP contribution in [-0.4, -0.2) is 53.3 Å². The van der Waals surface area contributed by atoms with Crippen molar-refractivity contribution in [2.45, 2.75) is 19.4 Å². The Morgan fingerprint density at radius 1 is 1.38 bits per heavy atom. The highest BCUT2D eigenvalue weighted by molar-refractivity contribution is 5.82. The Balaban J connectivity index is 4.20. The topological polar surface area (TPSA) is 93.6 Å². The molecule has 5 heteroatoms. The molecular weight excluding hydrogens is 170 g/mol. The lowest BCUT2D eigenvalue weighted by atomic mass is 10.1. The van der Waals surface area contributed by atoms with E-state index in [0.29, 0.717) is 13.1 Å². The van der Waals surface area contributed by atoms with Crippen molar-refractivity contribution in [2.75, 3.05) is 26.3 Å². The lowest BCUT2D eigenvalue weighted by molar-refractivity contribution is 0.143. The van der Waals surface area contributed by atoms with Gasteiger partial charge in [-0.2, -0.15) is 0 Å². The van der Waals surface area contributed by atoms with Crippen LogP contribution in [0.5, 0.6) is 0 Å². The number of nitrogens with one attached hydrogen (secondary N) is 1. The van der Waals surface area contributed by atoms with Crippen molar-refractivity contribution in [2.24, 2.45) is 5.73 Å². The molecule has 1 atom stereocenters. The normalized spacial score (nSPS) is 13.2. The molecule has 0 radical (unpaired) electrons. The number of rotatable bonds is 7. The van der Waals surface area contributed by atoms with Gasteiger partial charge in [-0.05, 0) is 6.42 Å². The maximum absolute atomic E-state index is 8.75. The van der Waals surface area contributed by atoms with Gasteiger partial charge in [-0.15, -0.1) is 0 Å². The van der Waals surface area contributed by atoms with Crippen molar-refractivity contribution in [3.8, 4) is 0 Å². The van der Waals surface area contributed by atoms with Crippen LogP contribution in [0.4, 0.5) is 0 Å². The van der Waals surface area contributed by atoms with E-state index in [1.54, 1.807) is 0 Å². The predicted octanol–water partition coefficient (Wildman–Crippen LogP) is -1.01. The molecule has 0 aromatic heterocycles. The molecule has 0 fully saturated rings. The molecule has 13 heavy (non-hydrogen) atoms. The maximum Gasteiger partial charge on any atom is 0.108 e. The van der Waals surface area contributed by atoms with Gasteiger partial charge in [0.15, 0.2) is 0 Å². The largest absolute Gasteiger partial charge is 0.395 e. The zero-order chi connectivity index (χ0) is 10.3. The average molecular weight is 189 g/mol. The Hall–Kier alpha value is -0.650. The van der Waals surface area contributed by atoms with Crippen LogP contribution in [0.1, 0.15) is 13.3 Å². The minimum Gasteiger partial charge on any atom is -0.395 e. The second-order valence-corrected chi connectivity index (χ2v) is 2.86. The molecule has 0 heterocycles. The van der Waals surface area contributed by atoms with Crippen LogP contribution in [0.3, 0.4) is 0 Å². The van der Waals surface area contributed by atoms with E-state index in [2.05, 4.69) is 0 Å². The van der Waals surface area contributed by atoms with E-state index < -0.39 is 0 Å². The second-order valence-electron chi connectivity index (χ2n) is 2.86. The van der Waals surface area contributed by atoms with E-state index in [9.17, 15) is 0 Å². The third kappa shape index (κ3) is 4.21. The molecule has 0 spiro atoms. The molecule has 0 aromatic carbocycles. The van der Waals surface area contributed by atoms with Crippen molar-refractivity contribution in [3.63, 3.8) is 0 Å². The van der Waals surface area contributed by atoms with Gasteiger partial charge >= 0.3 is 0 Å². The summed E-state index contributed by atoms with van der Waals surface area (Å²) in [6, 6.07) is -0.167. The van der Waals surface area contributed by atoms with Gasteiger partial charge in [-0.25, -0.2) is 0 Å². The number of amidine groups is 1. The molecule has 0 rings (SSSR count). The Kier molecular flexibility index (Phi) is 6.48. The summed E-state index contributed by atoms with van der Waals surface area (Å²) in [7, 11) is 0. The molecule has 1 unspecified atom stereocenters. The van der Waals surface area contributed by atoms with E-state index in [4.69, 9.17) is 21.4 Å². The van der Waals surface area contributed by atoms with E-state index in [1.165, 1.54) is 0 Å². The van der Waals surface area contributed by atoms with Gasteiger partial charge in [0.05, 0.1) is 19.3 Å². The van der Waals surface area contributed by atoms with Gasteiger partial charge in [0.2, 0.25) is 0 Å². The maximum atomic E-state index is 8.75. The van der Waals surface area contributed by atoms with Crippen molar-refractivity contribution in [1.82, 2.24) is 4.90 Å². The quantitative estimate of drug-likeness (QED) is 0.305. The first-order valence-electron chi connectivity index (χ1n) is 4.47. The lowest BCUT2D eigenvalue weighted by Crippen LogP contribution is -2.46. The van der Waals surface area contributed by atoms with Crippen LogP contribution in [-0.2, 0) is 0 Å². The molecule has 0 aliphatic heterocycles. The standard InChI is InChI=1S/C8H19N3O2/c1-2-7(8(9)10)11(3-5-12)4-6-13/h7,12-13H,2-6H2,1H3,(H3,9,10). The first-order chi connectivity index (χ1) is 6.17. The van der Waals surface area contributed by atoms with Gasteiger partial charge in [0, 0.05) is 13.1 Å². The Morgan fingerprint density at radius 3 is 2.08 bits per heavy atom. The van der Waals surface area contributed by atoms with Crippen LogP contribution in [0.15, 0.2) is 0 Å². The minimum atomic E-state index is -0.167. The smallest absolute Gasteiger partial charge is 0.108 e. The van der Waals surface area contributed by atoms with Crippen molar-refractivity contribution in [3.05, 3.63) is 0 Å². The second kappa shape index (κ2) is 6.82. The van der Waals surface area contributed by atoms with Gasteiger partial charge in [0.1, 0.15) is 5.84 Å². The zero-order valence-corrected chi connectivity index (χ0v) is 8.03. The van der Waals surface area contributed by atoms with E-state index in [-0.39, 0.29) is 25.1 Å². The van der Waals surface area contributed by atoms with Crippen LogP contribution >= 0.6 is 0 Å². The number of nitrogens with two attached hydrogens (primary N) is 1. The highest BCUT2D eigenvalue weighted by atomic mass is 16.3. The minimum absolute atomic E-state index is 0.0176. The molecule has 0 saturated heterocycles. The summed E-state index contributed by atoms with van der Waals surface area (Å²) in [4.78, 5) is 1.81. The van der Waals surface area contributed by atoms with E-state index in [0.717, 1.165) is 6.42 Å². The highest BCUT2D eigenvalue weighted by Gasteiger charge is 2.17. The molecule has 0 aromatic rings. The number of aliphatic hydroxyl groups excluding tert-OH is 2. The van der Waals surface area contributed by atoms with Crippen LogP contribution in [0, 0.1) is 5.41 Å². The third-order valence-corrected chi connectivity index (χ3v) is 1.96. The Labute approximate surface area is 78.7 Å². The van der Waals surface area contributed by atoms with Gasteiger partial charge in [-0.1, -0.05) is 6.92 Å². The molecule has 0 saturated carbocycles. The van der Waals surface area contributed by atoms with Gasteiger partial charge < -0.3 is 15.9 Å². The molecule has 0 amide bonds. The Morgan fingerprint density at radius 2 is 1.85 bits per heavy atom. The SMILES string of the molecule is CCC(C(=N)N)N(CCO)CCO. The summed E-state index contributed by atoms with van der Waals surface area (Å²) in [6.45, 7) is 2.85. The molecule has 0 bridgehead atoms. The summed E-state index contributed by atoms with van der Waals surface area (Å²) in [5.74, 6) is 0.0874. The van der Waals surface area contributed by atoms with E-state index >= 15 is 0 Å². The molecule has 0 aliphatic carbocycles. The van der Waals surface area contributed by atoms with Crippen LogP contribution in [0.2, 0.25) is 0 Å². The Bertz CT molecular complexity index is 146. The number of nitrogens with zero attached hydrogens (tertiary/aromatic N) is 1. The molecular formula is C8H19N3O2. The first-order valence-corrected chi connectivity index (χ1v) is 4.47. The number of aliphatic hydroxyl groups is 2. The molecule has 5 N–H and O–H groups in total. The summed E-state index contributed by atoms with van der Waals surface area (Å²) in [5.41, 5.74) is 5.39. The average Bonchev–Trinajstić information content (AvgIpc) is 2.05. The monoisotopic (exact) mass is 189 g/mol. The van der Waals surface area contributed by atoms with Gasteiger partial charge in [0.25, 0.3) is 0 Å². The van der Waals surface area contributed by atoms with Crippen molar-refractivity contribution >= 4 is 5.84 Å². The fraction of sp³-hybridized carbons (Fsp3) is 0.875. The molecule has 0 aliphatic rings. The van der Waals surface area contributed by atoms with E-state index in [1.807, 2.05) is 11.8 Å². The summed E-state index contributed by atoms with van der Waals surface area (Å²) in [6.07, 6.45) is 0.718. The highest BCUT2D eigenvalue weighted by Crippen LogP contribution is 2.02. The summed E-state index contributed by atoms with van der Waals surface area (Å²) < 4.78 is 0. The fourth-order valence-corrected chi connectivity index (χ4v) is 1.36. The summed E-state index contributed by atoms with van der Waals surface area (Å²) >= 11 is 0. The molecule has 5 nitrogen and oxygen atoms in total.